The van der Waals surface area contributed by atoms with Gasteiger partial charge in [-0.05, 0) is 15.9 Å². The molecule has 36 heavy (non-hydrogen) atoms. The third-order valence-electron chi connectivity index (χ3n) is 5.08. The number of phosphoric acid groups is 2. The number of amides is 1. The van der Waals surface area contributed by atoms with Crippen LogP contribution in [-0.4, -0.2) is 89.8 Å². The maximum Gasteiger partial charge on any atom is 0.481 e. The normalized spacial score (nSPS) is 29.3. The van der Waals surface area contributed by atoms with Crippen molar-refractivity contribution >= 4 is 37.5 Å². The summed E-state index contributed by atoms with van der Waals surface area (Å²) in [5.74, 6) is -4.61. The summed E-state index contributed by atoms with van der Waals surface area (Å²) in [7, 11) is -10.7. The second kappa shape index (κ2) is 10.8. The van der Waals surface area contributed by atoms with Crippen LogP contribution in [0.4, 0.5) is 8.78 Å². The van der Waals surface area contributed by atoms with Crippen molar-refractivity contribution in [1.29, 1.82) is 0 Å². The average Bonchev–Trinajstić information content (AvgIpc) is 3.05. The van der Waals surface area contributed by atoms with Crippen LogP contribution in [-0.2, 0) is 33.4 Å². The lowest BCUT2D eigenvalue weighted by atomic mass is 10.1. The van der Waals surface area contributed by atoms with E-state index in [0.29, 0.717) is 4.90 Å². The summed E-state index contributed by atoms with van der Waals surface area (Å²) in [6, 6.07) is 6.50. The number of aliphatic hydroxyl groups excluding tert-OH is 3. The van der Waals surface area contributed by atoms with E-state index in [1.165, 1.54) is 18.2 Å². The van der Waals surface area contributed by atoms with Gasteiger partial charge in [0.1, 0.15) is 18.3 Å². The molecule has 0 spiro atoms. The molecule has 2 unspecified atom stereocenters. The van der Waals surface area contributed by atoms with Crippen LogP contribution in [0.2, 0.25) is 0 Å². The Bertz CT molecular complexity index is 1090. The van der Waals surface area contributed by atoms with Crippen molar-refractivity contribution in [3.05, 3.63) is 46.6 Å². The van der Waals surface area contributed by atoms with Crippen molar-refractivity contribution in [3.8, 4) is 0 Å². The summed E-state index contributed by atoms with van der Waals surface area (Å²) >= 11 is 2.90. The predicted octanol–water partition coefficient (Wildman–Crippen LogP) is 0.108. The fourth-order valence-corrected chi connectivity index (χ4v) is 5.50. The Balaban J connectivity index is 1.76. The molecule has 0 bridgehead atoms. The van der Waals surface area contributed by atoms with Gasteiger partial charge in [0.2, 0.25) is 6.35 Å². The van der Waals surface area contributed by atoms with Gasteiger partial charge in [-0.1, -0.05) is 30.3 Å². The Morgan fingerprint density at radius 2 is 1.69 bits per heavy atom. The number of ether oxygens (including phenoxy) is 1. The van der Waals surface area contributed by atoms with E-state index in [-0.39, 0.29) is 4.48 Å². The topological polar surface area (TPSA) is 207 Å². The number of hydrogen-bond acceptors (Lipinski definition) is 10. The number of nitrogens with zero attached hydrogens (tertiary/aromatic N) is 2. The summed E-state index contributed by atoms with van der Waals surface area (Å²) in [6.45, 7) is -2.30. The minimum Gasteiger partial charge on any atom is -0.387 e. The molecule has 3 rings (SSSR count). The number of rotatable bonds is 9. The predicted molar refractivity (Wildman–Crippen MR) is 116 cm³/mol. The molecule has 0 aromatic heterocycles. The van der Waals surface area contributed by atoms with E-state index in [1.807, 2.05) is 0 Å². The highest BCUT2D eigenvalue weighted by Crippen LogP contribution is 2.57. The van der Waals surface area contributed by atoms with Crippen molar-refractivity contribution < 1.29 is 66.3 Å². The highest BCUT2D eigenvalue weighted by atomic mass is 79.9. The van der Waals surface area contributed by atoms with E-state index in [1.54, 1.807) is 0 Å². The second-order valence-corrected chi connectivity index (χ2v) is 11.3. The second-order valence-electron chi connectivity index (χ2n) is 7.66. The number of phosphoric ester groups is 1. The Kier molecular flexibility index (Phi) is 8.77. The first-order valence-corrected chi connectivity index (χ1v) is 13.7. The minimum atomic E-state index is -5.42. The zero-order valence-electron chi connectivity index (χ0n) is 17.8. The molecular weight excluding hydrogens is 604 g/mol. The molecule has 6 atom stereocenters. The van der Waals surface area contributed by atoms with Crippen LogP contribution in [0.3, 0.4) is 0 Å². The number of carbonyl (C=O) groups excluding carboxylic acids is 1. The first-order valence-electron chi connectivity index (χ1n) is 9.85. The van der Waals surface area contributed by atoms with Gasteiger partial charge < -0.3 is 39.6 Å². The molecule has 1 saturated heterocycles. The number of alkyl halides is 2. The fraction of sp³-hybridized carbons (Fsp3) is 0.471. The van der Waals surface area contributed by atoms with E-state index in [9.17, 15) is 42.9 Å². The quantitative estimate of drug-likeness (QED) is 0.202. The molecule has 14 nitrogen and oxygen atoms in total. The lowest BCUT2D eigenvalue weighted by Gasteiger charge is -2.43. The number of benzene rings is 1. The van der Waals surface area contributed by atoms with Crippen LogP contribution in [0.5, 0.6) is 0 Å². The summed E-state index contributed by atoms with van der Waals surface area (Å²) in [5, 5.41) is 31.3. The van der Waals surface area contributed by atoms with Crippen LogP contribution in [0.25, 0.3) is 0 Å². The van der Waals surface area contributed by atoms with Gasteiger partial charge >= 0.3 is 15.6 Å². The van der Waals surface area contributed by atoms with Crippen molar-refractivity contribution in [2.24, 2.45) is 0 Å². The Hall–Kier alpha value is -1.33. The SMILES string of the molecule is O=C1C(Br)=CN([C@@H]2O[C@H](COP(=O)(O)OP(=O)(O)O)[C@H](O)[C@@H]2O)C(O)N1CC(F)(F)c1ccccc1. The lowest BCUT2D eigenvalue weighted by Crippen LogP contribution is -2.59. The van der Waals surface area contributed by atoms with Gasteiger partial charge in [0, 0.05) is 11.8 Å². The molecular formula is C17H21BrF2N2O12P2. The van der Waals surface area contributed by atoms with Crippen LogP contribution < -0.4 is 0 Å². The number of hydrogen-bond donors (Lipinski definition) is 6. The van der Waals surface area contributed by atoms with Gasteiger partial charge in [0.15, 0.2) is 6.23 Å². The monoisotopic (exact) mass is 624 g/mol. The third kappa shape index (κ3) is 6.75. The van der Waals surface area contributed by atoms with Crippen molar-refractivity contribution in [1.82, 2.24) is 9.80 Å². The molecule has 1 fully saturated rings. The highest BCUT2D eigenvalue weighted by molar-refractivity contribution is 9.12. The summed E-state index contributed by atoms with van der Waals surface area (Å²) < 4.78 is 65.0. The van der Waals surface area contributed by atoms with E-state index in [0.717, 1.165) is 23.2 Å². The van der Waals surface area contributed by atoms with Gasteiger partial charge in [-0.2, -0.15) is 13.1 Å². The number of aliphatic hydroxyl groups is 3. The van der Waals surface area contributed by atoms with Crippen LogP contribution in [0.15, 0.2) is 41.0 Å². The molecule has 2 aliphatic heterocycles. The molecule has 2 heterocycles. The standard InChI is InChI=1S/C17H21BrF2N2O12P2/c18-10-6-21(16(26)22(14(10)25)8-17(19,20)9-4-2-1-3-5-9)15-13(24)12(23)11(33-15)7-32-36(30,31)34-35(27,28)29/h1-6,11-13,15-16,23-24,26H,7-8H2,(H,30,31)(H2,27,28,29)/t11-,12+,13+,15-,16?/m1/s1. The maximum atomic E-state index is 14.8. The highest BCUT2D eigenvalue weighted by Gasteiger charge is 2.51. The molecule has 202 valence electrons. The van der Waals surface area contributed by atoms with Crippen LogP contribution >= 0.6 is 31.6 Å². The molecule has 0 radical (unpaired) electrons. The van der Waals surface area contributed by atoms with E-state index < -0.39 is 77.1 Å². The van der Waals surface area contributed by atoms with Gasteiger partial charge in [-0.3, -0.25) is 14.2 Å². The van der Waals surface area contributed by atoms with Gasteiger partial charge in [-0.25, -0.2) is 9.13 Å². The molecule has 1 aromatic rings. The fourth-order valence-electron chi connectivity index (χ4n) is 3.44. The Morgan fingerprint density at radius 3 is 2.28 bits per heavy atom. The largest absolute Gasteiger partial charge is 0.481 e. The van der Waals surface area contributed by atoms with Crippen LogP contribution in [0.1, 0.15) is 5.56 Å². The first-order chi connectivity index (χ1) is 16.5. The lowest BCUT2D eigenvalue weighted by molar-refractivity contribution is -0.202. The maximum absolute atomic E-state index is 14.8. The van der Waals surface area contributed by atoms with Crippen molar-refractivity contribution in [2.75, 3.05) is 13.2 Å². The number of carbonyl (C=O) groups is 1. The first kappa shape index (κ1) is 29.2. The molecule has 19 heteroatoms. The zero-order chi connectivity index (χ0) is 27.1. The molecule has 1 aromatic carbocycles. The Labute approximate surface area is 210 Å². The smallest absolute Gasteiger partial charge is 0.387 e. The molecule has 1 amide bonds. The van der Waals surface area contributed by atoms with Crippen LogP contribution in [0, 0.1) is 0 Å². The average molecular weight is 625 g/mol. The minimum absolute atomic E-state index is 0.309. The molecule has 2 aliphatic rings. The van der Waals surface area contributed by atoms with E-state index >= 15 is 0 Å². The summed E-state index contributed by atoms with van der Waals surface area (Å²) in [5.41, 5.74) is -0.432. The number of halogens is 3. The zero-order valence-corrected chi connectivity index (χ0v) is 21.2. The van der Waals surface area contributed by atoms with E-state index in [2.05, 4.69) is 24.8 Å². The van der Waals surface area contributed by atoms with E-state index in [4.69, 9.17) is 14.5 Å². The van der Waals surface area contributed by atoms with Crippen molar-refractivity contribution in [3.63, 3.8) is 0 Å². The van der Waals surface area contributed by atoms with Crippen molar-refractivity contribution in [2.45, 2.75) is 36.8 Å². The van der Waals surface area contributed by atoms with Gasteiger partial charge in [-0.15, -0.1) is 0 Å². The molecule has 6 N–H and O–H groups in total. The van der Waals surface area contributed by atoms with Gasteiger partial charge in [0.05, 0.1) is 17.6 Å². The molecule has 0 aliphatic carbocycles. The Morgan fingerprint density at radius 1 is 1.08 bits per heavy atom. The summed E-state index contributed by atoms with van der Waals surface area (Å²) in [4.78, 5) is 40.3. The molecule has 0 saturated carbocycles. The van der Waals surface area contributed by atoms with Gasteiger partial charge in [0.25, 0.3) is 11.8 Å². The third-order valence-corrected chi connectivity index (χ3v) is 7.78. The summed E-state index contributed by atoms with van der Waals surface area (Å²) in [6.07, 6.45) is -8.18.